The van der Waals surface area contributed by atoms with E-state index in [1.54, 1.807) is 0 Å². The molecule has 148 valence electrons. The second-order valence-electron chi connectivity index (χ2n) is 6.69. The van der Waals surface area contributed by atoms with Crippen LogP contribution in [-0.2, 0) is 4.79 Å². The van der Waals surface area contributed by atoms with E-state index in [2.05, 4.69) is 24.2 Å². The number of hydrogen-bond donors (Lipinski definition) is 2. The lowest BCUT2D eigenvalue weighted by molar-refractivity contribution is -0.114. The molecule has 1 rings (SSSR count). The molecule has 1 aromatic rings. The maximum absolute atomic E-state index is 12.1. The van der Waals surface area contributed by atoms with Crippen molar-refractivity contribution in [1.82, 2.24) is 5.32 Å². The normalized spacial score (nSPS) is 12.1. The second kappa shape index (κ2) is 13.7. The average molecular weight is 372 g/mol. The fourth-order valence-corrected chi connectivity index (χ4v) is 2.86. The topological polar surface area (TPSA) is 84.6 Å². The smallest absolute Gasteiger partial charge is 0.341 e. The van der Waals surface area contributed by atoms with Gasteiger partial charge in [0.25, 0.3) is 0 Å². The number of nitrogens with one attached hydrogen (secondary N) is 1. The molecule has 0 aromatic heterocycles. The van der Waals surface area contributed by atoms with Gasteiger partial charge < -0.3 is 11.1 Å². The fourth-order valence-electron chi connectivity index (χ4n) is 2.86. The number of carbonyl (C=O) groups is 2. The van der Waals surface area contributed by atoms with Crippen molar-refractivity contribution in [3.8, 4) is 0 Å². The minimum atomic E-state index is -0.413. The predicted octanol–water partition coefficient (Wildman–Crippen LogP) is 4.76. The number of nitrogens with two attached hydrogens (primary N) is 1. The summed E-state index contributed by atoms with van der Waals surface area (Å²) in [5, 5.41) is 2.80. The van der Waals surface area contributed by atoms with Crippen molar-refractivity contribution in [2.24, 2.45) is 10.7 Å². The van der Waals surface area contributed by atoms with Gasteiger partial charge in [-0.25, -0.2) is 9.79 Å². The summed E-state index contributed by atoms with van der Waals surface area (Å²) in [5.41, 5.74) is 8.10. The molecule has 5 nitrogen and oxygen atoms in total. The number of nitrogens with zero attached hydrogens (tertiary/aromatic N) is 1. The monoisotopic (exact) mass is 371 g/mol. The summed E-state index contributed by atoms with van der Waals surface area (Å²) >= 11 is 0. The van der Waals surface area contributed by atoms with Gasteiger partial charge >= 0.3 is 6.03 Å². The Morgan fingerprint density at radius 2 is 1.63 bits per heavy atom. The summed E-state index contributed by atoms with van der Waals surface area (Å²) in [6.07, 6.45) is 9.24. The molecular weight excluding hydrogens is 338 g/mol. The minimum Gasteiger partial charge on any atom is -0.366 e. The summed E-state index contributed by atoms with van der Waals surface area (Å²) in [4.78, 5) is 27.9. The Balaban J connectivity index is 2.76. The molecule has 0 bridgehead atoms. The van der Waals surface area contributed by atoms with Crippen LogP contribution in [0.5, 0.6) is 0 Å². The SMILES string of the molecule is CCCCC/C(CNC(=O)N=Cc1ccccc1)=C(\CCCCC)C(N)=O. The van der Waals surface area contributed by atoms with Crippen molar-refractivity contribution in [1.29, 1.82) is 0 Å². The first kappa shape index (κ1) is 22.6. The van der Waals surface area contributed by atoms with Crippen LogP contribution in [0.3, 0.4) is 0 Å². The molecule has 0 saturated carbocycles. The summed E-state index contributed by atoms with van der Waals surface area (Å²) < 4.78 is 0. The standard InChI is InChI=1S/C22H33N3O2/c1-3-5-8-14-19(20(21(23)26)15-9-6-4-2)17-25-22(27)24-16-18-12-10-7-11-13-18/h7,10-13,16H,3-6,8-9,14-15,17H2,1-2H3,(H2,23,26)(H,25,27)/b20-19-,24-16?. The molecule has 0 unspecified atom stereocenters. The Bertz CT molecular complexity index is 636. The fraction of sp³-hybridized carbons (Fsp3) is 0.500. The van der Waals surface area contributed by atoms with Crippen molar-refractivity contribution >= 4 is 18.2 Å². The number of carbonyl (C=O) groups excluding carboxylic acids is 2. The van der Waals surface area contributed by atoms with Crippen LogP contribution in [-0.4, -0.2) is 24.7 Å². The lowest BCUT2D eigenvalue weighted by Gasteiger charge is -2.14. The zero-order chi connectivity index (χ0) is 19.9. The number of rotatable bonds is 12. The van der Waals surface area contributed by atoms with Gasteiger partial charge in [-0.3, -0.25) is 4.79 Å². The van der Waals surface area contributed by atoms with Crippen LogP contribution in [0.25, 0.3) is 0 Å². The van der Waals surface area contributed by atoms with Crippen molar-refractivity contribution < 1.29 is 9.59 Å². The minimum absolute atomic E-state index is 0.319. The molecule has 5 heteroatoms. The molecule has 0 radical (unpaired) electrons. The van der Waals surface area contributed by atoms with Gasteiger partial charge in [-0.05, 0) is 36.8 Å². The van der Waals surface area contributed by atoms with Crippen LogP contribution < -0.4 is 11.1 Å². The lowest BCUT2D eigenvalue weighted by Crippen LogP contribution is -2.26. The Hall–Kier alpha value is -2.43. The number of amides is 3. The van der Waals surface area contributed by atoms with Crippen LogP contribution in [0.15, 0.2) is 46.5 Å². The third kappa shape index (κ3) is 9.73. The van der Waals surface area contributed by atoms with E-state index < -0.39 is 6.03 Å². The first-order valence-electron chi connectivity index (χ1n) is 9.96. The van der Waals surface area contributed by atoms with Crippen molar-refractivity contribution in [3.63, 3.8) is 0 Å². The molecule has 0 aliphatic carbocycles. The summed E-state index contributed by atoms with van der Waals surface area (Å²) in [6.45, 7) is 4.58. The van der Waals surface area contributed by atoms with Gasteiger partial charge in [-0.2, -0.15) is 0 Å². The van der Waals surface area contributed by atoms with E-state index in [0.717, 1.165) is 56.1 Å². The first-order valence-corrected chi connectivity index (χ1v) is 9.96. The van der Waals surface area contributed by atoms with E-state index in [4.69, 9.17) is 5.73 Å². The van der Waals surface area contributed by atoms with Gasteiger partial charge in [-0.1, -0.05) is 69.9 Å². The van der Waals surface area contributed by atoms with Crippen molar-refractivity contribution in [2.45, 2.75) is 65.2 Å². The maximum atomic E-state index is 12.1. The van der Waals surface area contributed by atoms with Gasteiger partial charge in [0.2, 0.25) is 5.91 Å². The third-order valence-electron chi connectivity index (χ3n) is 4.42. The number of primary amides is 1. The highest BCUT2D eigenvalue weighted by molar-refractivity contribution is 5.93. The Morgan fingerprint density at radius 1 is 1.00 bits per heavy atom. The predicted molar refractivity (Wildman–Crippen MR) is 112 cm³/mol. The van der Waals surface area contributed by atoms with E-state index in [1.165, 1.54) is 6.21 Å². The summed E-state index contributed by atoms with van der Waals surface area (Å²) in [7, 11) is 0. The molecular formula is C22H33N3O2. The van der Waals surface area contributed by atoms with E-state index in [-0.39, 0.29) is 5.91 Å². The zero-order valence-corrected chi connectivity index (χ0v) is 16.7. The Kier molecular flexibility index (Phi) is 11.5. The molecule has 0 spiro atoms. The second-order valence-corrected chi connectivity index (χ2v) is 6.69. The van der Waals surface area contributed by atoms with Crippen LogP contribution in [0.4, 0.5) is 4.79 Å². The zero-order valence-electron chi connectivity index (χ0n) is 16.7. The maximum Gasteiger partial charge on any atom is 0.341 e. The Morgan fingerprint density at radius 3 is 2.22 bits per heavy atom. The van der Waals surface area contributed by atoms with E-state index in [0.29, 0.717) is 18.5 Å². The average Bonchev–Trinajstić information content (AvgIpc) is 2.67. The summed E-state index contributed by atoms with van der Waals surface area (Å²) in [5.74, 6) is -0.375. The number of benzene rings is 1. The number of aliphatic imine (C=N–C) groups is 1. The third-order valence-corrected chi connectivity index (χ3v) is 4.42. The van der Waals surface area contributed by atoms with Crippen LogP contribution in [0, 0.1) is 0 Å². The number of hydrogen-bond acceptors (Lipinski definition) is 2. The molecule has 0 atom stereocenters. The molecule has 0 aliphatic rings. The van der Waals surface area contributed by atoms with Gasteiger partial charge in [0, 0.05) is 18.3 Å². The van der Waals surface area contributed by atoms with Gasteiger partial charge in [0.1, 0.15) is 0 Å². The molecule has 0 fully saturated rings. The van der Waals surface area contributed by atoms with Crippen LogP contribution >= 0.6 is 0 Å². The molecule has 1 aromatic carbocycles. The number of urea groups is 1. The molecule has 3 N–H and O–H groups in total. The summed E-state index contributed by atoms with van der Waals surface area (Å²) in [6, 6.07) is 9.04. The van der Waals surface area contributed by atoms with Gasteiger partial charge in [0.05, 0.1) is 0 Å². The highest BCUT2D eigenvalue weighted by Gasteiger charge is 2.13. The van der Waals surface area contributed by atoms with Crippen LogP contribution in [0.2, 0.25) is 0 Å². The Labute approximate surface area is 163 Å². The van der Waals surface area contributed by atoms with E-state index in [9.17, 15) is 9.59 Å². The molecule has 3 amide bonds. The highest BCUT2D eigenvalue weighted by atomic mass is 16.2. The van der Waals surface area contributed by atoms with Crippen LogP contribution in [0.1, 0.15) is 70.8 Å². The molecule has 27 heavy (non-hydrogen) atoms. The van der Waals surface area contributed by atoms with E-state index >= 15 is 0 Å². The lowest BCUT2D eigenvalue weighted by atomic mass is 9.96. The largest absolute Gasteiger partial charge is 0.366 e. The molecule has 0 aliphatic heterocycles. The number of unbranched alkanes of at least 4 members (excludes halogenated alkanes) is 4. The van der Waals surface area contributed by atoms with Gasteiger partial charge in [-0.15, -0.1) is 0 Å². The first-order chi connectivity index (χ1) is 13.1. The van der Waals surface area contributed by atoms with Crippen molar-refractivity contribution in [3.05, 3.63) is 47.0 Å². The van der Waals surface area contributed by atoms with E-state index in [1.807, 2.05) is 30.3 Å². The quantitative estimate of drug-likeness (QED) is 0.315. The molecule has 0 heterocycles. The molecule has 0 saturated heterocycles. The highest BCUT2D eigenvalue weighted by Crippen LogP contribution is 2.18. The van der Waals surface area contributed by atoms with Crippen molar-refractivity contribution in [2.75, 3.05) is 6.54 Å². The van der Waals surface area contributed by atoms with Gasteiger partial charge in [0.15, 0.2) is 0 Å².